The maximum atomic E-state index is 11.5. The largest absolute Gasteiger partial charge is 0.487 e. The highest BCUT2D eigenvalue weighted by atomic mass is 16.5. The Balaban J connectivity index is 2.10. The molecule has 0 aromatic heterocycles. The Bertz CT molecular complexity index is 714. The normalized spacial score (nSPS) is 16.9. The Kier molecular flexibility index (Phi) is 7.34. The number of esters is 1. The van der Waals surface area contributed by atoms with Crippen LogP contribution in [0.15, 0.2) is 0 Å². The second-order valence-electron chi connectivity index (χ2n) is 8.29. The first-order valence-electron chi connectivity index (χ1n) is 10.1. The average Bonchev–Trinajstić information content (AvgIpc) is 2.90. The van der Waals surface area contributed by atoms with Crippen molar-refractivity contribution >= 4 is 11.7 Å². The third-order valence-electron chi connectivity index (χ3n) is 5.41. The molecule has 2 rings (SSSR count). The molecule has 28 heavy (non-hydrogen) atoms. The Morgan fingerprint density at radius 3 is 2.54 bits per heavy atom. The van der Waals surface area contributed by atoms with Crippen molar-refractivity contribution in [3.05, 3.63) is 22.3 Å². The zero-order chi connectivity index (χ0) is 21.1. The highest BCUT2D eigenvalue weighted by Crippen LogP contribution is 2.45. The molecule has 1 heterocycles. The summed E-state index contributed by atoms with van der Waals surface area (Å²) >= 11 is 0. The summed E-state index contributed by atoms with van der Waals surface area (Å²) < 4.78 is 11.1. The van der Waals surface area contributed by atoms with E-state index in [1.807, 2.05) is 7.05 Å². The molecule has 6 nitrogen and oxygen atoms in total. The van der Waals surface area contributed by atoms with Crippen LogP contribution in [0, 0.1) is 13.8 Å². The maximum Gasteiger partial charge on any atom is 0.308 e. The minimum Gasteiger partial charge on any atom is -0.487 e. The summed E-state index contributed by atoms with van der Waals surface area (Å²) in [4.78, 5) is 11.5. The van der Waals surface area contributed by atoms with Gasteiger partial charge in [-0.05, 0) is 70.6 Å². The van der Waals surface area contributed by atoms with Crippen molar-refractivity contribution in [2.45, 2.75) is 84.5 Å². The van der Waals surface area contributed by atoms with Crippen LogP contribution in [-0.4, -0.2) is 47.6 Å². The van der Waals surface area contributed by atoms with Crippen LogP contribution in [0.4, 0.5) is 5.69 Å². The second-order valence-corrected chi connectivity index (χ2v) is 8.29. The summed E-state index contributed by atoms with van der Waals surface area (Å²) in [6.45, 7) is 10.4. The number of hydrogen-bond acceptors (Lipinski definition) is 6. The number of ether oxygens (including phenoxy) is 2. The SMILES string of the molecule is CCOC(=O)CC(O)CC(O)CCc1c(C)c(NC)c(C)c2c1OC(C)(C)C2. The van der Waals surface area contributed by atoms with Gasteiger partial charge in [0.15, 0.2) is 0 Å². The van der Waals surface area contributed by atoms with Crippen LogP contribution in [0.2, 0.25) is 0 Å². The van der Waals surface area contributed by atoms with E-state index in [1.165, 1.54) is 11.1 Å². The molecule has 0 aliphatic carbocycles. The standard InChI is InChI=1S/C22H35NO5/c1-7-27-19(26)11-16(25)10-15(24)8-9-17-13(2)20(23-6)14(3)18-12-22(4,5)28-21(17)18/h15-16,23-25H,7-12H2,1-6H3. The number of anilines is 1. The summed E-state index contributed by atoms with van der Waals surface area (Å²) in [5.74, 6) is 0.502. The van der Waals surface area contributed by atoms with E-state index in [9.17, 15) is 15.0 Å². The molecule has 1 aromatic carbocycles. The van der Waals surface area contributed by atoms with Gasteiger partial charge < -0.3 is 25.0 Å². The number of carbonyl (C=O) groups excluding carboxylic acids is 1. The molecule has 0 saturated heterocycles. The number of aliphatic hydroxyl groups excluding tert-OH is 2. The third kappa shape index (κ3) is 5.17. The Labute approximate surface area is 168 Å². The fourth-order valence-corrected chi connectivity index (χ4v) is 4.09. The molecule has 1 aliphatic rings. The molecular formula is C22H35NO5. The number of aliphatic hydroxyl groups is 2. The van der Waals surface area contributed by atoms with Crippen LogP contribution >= 0.6 is 0 Å². The smallest absolute Gasteiger partial charge is 0.308 e. The van der Waals surface area contributed by atoms with Gasteiger partial charge in [-0.15, -0.1) is 0 Å². The van der Waals surface area contributed by atoms with E-state index in [0.717, 1.165) is 29.0 Å². The van der Waals surface area contributed by atoms with Gasteiger partial charge in [-0.2, -0.15) is 0 Å². The average molecular weight is 394 g/mol. The van der Waals surface area contributed by atoms with Gasteiger partial charge in [0.25, 0.3) is 0 Å². The van der Waals surface area contributed by atoms with Gasteiger partial charge in [0.05, 0.1) is 25.2 Å². The van der Waals surface area contributed by atoms with Crippen LogP contribution in [0.1, 0.15) is 62.3 Å². The molecule has 0 spiro atoms. The number of benzene rings is 1. The molecule has 3 N–H and O–H groups in total. The lowest BCUT2D eigenvalue weighted by Crippen LogP contribution is -2.25. The third-order valence-corrected chi connectivity index (χ3v) is 5.41. The first-order valence-corrected chi connectivity index (χ1v) is 10.1. The van der Waals surface area contributed by atoms with Gasteiger partial charge in [-0.3, -0.25) is 4.79 Å². The Hall–Kier alpha value is -1.79. The van der Waals surface area contributed by atoms with Gasteiger partial charge in [-0.1, -0.05) is 0 Å². The summed E-state index contributed by atoms with van der Waals surface area (Å²) in [5, 5.41) is 23.7. The van der Waals surface area contributed by atoms with Gasteiger partial charge in [0, 0.05) is 24.7 Å². The molecule has 0 bridgehead atoms. The first kappa shape index (κ1) is 22.5. The lowest BCUT2D eigenvalue weighted by molar-refractivity contribution is -0.145. The molecule has 6 heteroatoms. The topological polar surface area (TPSA) is 88.0 Å². The van der Waals surface area contributed by atoms with Crippen LogP contribution in [0.25, 0.3) is 0 Å². The zero-order valence-corrected chi connectivity index (χ0v) is 18.0. The summed E-state index contributed by atoms with van der Waals surface area (Å²) in [6.07, 6.45) is 0.449. The molecule has 0 saturated carbocycles. The van der Waals surface area contributed by atoms with Crippen molar-refractivity contribution in [1.82, 2.24) is 0 Å². The van der Waals surface area contributed by atoms with Crippen molar-refractivity contribution in [3.63, 3.8) is 0 Å². The van der Waals surface area contributed by atoms with E-state index in [2.05, 4.69) is 33.0 Å². The monoisotopic (exact) mass is 393 g/mol. The molecular weight excluding hydrogens is 358 g/mol. The van der Waals surface area contributed by atoms with E-state index in [-0.39, 0.29) is 25.0 Å². The van der Waals surface area contributed by atoms with E-state index >= 15 is 0 Å². The Morgan fingerprint density at radius 2 is 1.93 bits per heavy atom. The van der Waals surface area contributed by atoms with Crippen LogP contribution in [0.5, 0.6) is 5.75 Å². The molecule has 0 fully saturated rings. The van der Waals surface area contributed by atoms with Crippen molar-refractivity contribution in [3.8, 4) is 5.75 Å². The number of fused-ring (bicyclic) bond motifs is 1. The summed E-state index contributed by atoms with van der Waals surface area (Å²) in [6, 6.07) is 0. The summed E-state index contributed by atoms with van der Waals surface area (Å²) in [7, 11) is 1.92. The fourth-order valence-electron chi connectivity index (χ4n) is 4.09. The molecule has 158 valence electrons. The van der Waals surface area contributed by atoms with Crippen molar-refractivity contribution in [1.29, 1.82) is 0 Å². The van der Waals surface area contributed by atoms with E-state index < -0.39 is 18.2 Å². The predicted octanol–water partition coefficient (Wildman–Crippen LogP) is 3.06. The van der Waals surface area contributed by atoms with Crippen LogP contribution in [-0.2, 0) is 22.4 Å². The van der Waals surface area contributed by atoms with Gasteiger partial charge >= 0.3 is 5.97 Å². The quantitative estimate of drug-likeness (QED) is 0.559. The zero-order valence-electron chi connectivity index (χ0n) is 18.0. The molecule has 1 aliphatic heterocycles. The number of carbonyl (C=O) groups is 1. The molecule has 0 amide bonds. The number of rotatable bonds is 9. The van der Waals surface area contributed by atoms with Gasteiger partial charge in [0.1, 0.15) is 11.4 Å². The van der Waals surface area contributed by atoms with E-state index in [1.54, 1.807) is 6.92 Å². The lowest BCUT2D eigenvalue weighted by Gasteiger charge is -2.22. The van der Waals surface area contributed by atoms with Crippen molar-refractivity contribution in [2.75, 3.05) is 19.0 Å². The Morgan fingerprint density at radius 1 is 1.25 bits per heavy atom. The number of hydrogen-bond donors (Lipinski definition) is 3. The molecule has 2 atom stereocenters. The van der Waals surface area contributed by atoms with Crippen LogP contribution < -0.4 is 10.1 Å². The van der Waals surface area contributed by atoms with E-state index in [0.29, 0.717) is 12.8 Å². The summed E-state index contributed by atoms with van der Waals surface area (Å²) in [5.41, 5.74) is 5.56. The second kappa shape index (κ2) is 9.14. The predicted molar refractivity (Wildman–Crippen MR) is 110 cm³/mol. The fraction of sp³-hybridized carbons (Fsp3) is 0.682. The minimum absolute atomic E-state index is 0.0922. The van der Waals surface area contributed by atoms with Crippen molar-refractivity contribution < 1.29 is 24.5 Å². The maximum absolute atomic E-state index is 11.5. The van der Waals surface area contributed by atoms with Gasteiger partial charge in [0.2, 0.25) is 0 Å². The molecule has 2 unspecified atom stereocenters. The van der Waals surface area contributed by atoms with Crippen molar-refractivity contribution in [2.24, 2.45) is 0 Å². The van der Waals surface area contributed by atoms with E-state index in [4.69, 9.17) is 9.47 Å². The lowest BCUT2D eigenvalue weighted by atomic mass is 9.89. The highest BCUT2D eigenvalue weighted by molar-refractivity contribution is 5.70. The minimum atomic E-state index is -0.901. The highest BCUT2D eigenvalue weighted by Gasteiger charge is 2.35. The first-order chi connectivity index (χ1) is 13.1. The number of nitrogens with one attached hydrogen (secondary N) is 1. The van der Waals surface area contributed by atoms with Gasteiger partial charge in [-0.25, -0.2) is 0 Å². The molecule has 0 radical (unpaired) electrons. The molecule has 1 aromatic rings. The van der Waals surface area contributed by atoms with Crippen LogP contribution in [0.3, 0.4) is 0 Å².